The summed E-state index contributed by atoms with van der Waals surface area (Å²) in [7, 11) is 1.65. The third kappa shape index (κ3) is 2.88. The molecule has 2 aromatic carbocycles. The Morgan fingerprint density at radius 1 is 1.20 bits per heavy atom. The number of halogens is 1. The lowest BCUT2D eigenvalue weighted by Gasteiger charge is -2.11. The highest BCUT2D eigenvalue weighted by atomic mass is 79.9. The van der Waals surface area contributed by atoms with E-state index in [1.54, 1.807) is 49.5 Å². The van der Waals surface area contributed by atoms with Gasteiger partial charge in [0.15, 0.2) is 5.78 Å². The highest BCUT2D eigenvalue weighted by Gasteiger charge is 2.13. The number of rotatable bonds is 4. The highest BCUT2D eigenvalue weighted by Crippen LogP contribution is 2.23. The zero-order valence-corrected chi connectivity index (χ0v) is 12.4. The standard InChI is InChI=1S/C15H13BrN2O2/c1-18(9-19)12-5-2-10(3-6-12)15(20)13-8-11(17)4-7-14(13)16/h2-9H,17H2,1H3. The molecule has 0 heterocycles. The van der Waals surface area contributed by atoms with Crippen LogP contribution in [0.2, 0.25) is 0 Å². The molecule has 0 saturated carbocycles. The molecule has 0 aliphatic carbocycles. The van der Waals surface area contributed by atoms with Crippen molar-refractivity contribution in [2.75, 3.05) is 17.7 Å². The maximum atomic E-state index is 12.4. The number of nitrogens with zero attached hydrogens (tertiary/aromatic N) is 1. The predicted octanol–water partition coefficient (Wildman–Crippen LogP) is 2.85. The van der Waals surface area contributed by atoms with Crippen LogP contribution in [0.5, 0.6) is 0 Å². The second-order valence-corrected chi connectivity index (χ2v) is 5.19. The molecule has 0 saturated heterocycles. The minimum absolute atomic E-state index is 0.121. The lowest BCUT2D eigenvalue weighted by atomic mass is 10.0. The number of ketones is 1. The van der Waals surface area contributed by atoms with Crippen LogP contribution in [-0.4, -0.2) is 19.2 Å². The van der Waals surface area contributed by atoms with Crippen molar-refractivity contribution in [3.63, 3.8) is 0 Å². The predicted molar refractivity (Wildman–Crippen MR) is 82.9 cm³/mol. The van der Waals surface area contributed by atoms with Gasteiger partial charge in [0.25, 0.3) is 0 Å². The van der Waals surface area contributed by atoms with Crippen LogP contribution < -0.4 is 10.6 Å². The first kappa shape index (κ1) is 14.3. The van der Waals surface area contributed by atoms with E-state index in [0.29, 0.717) is 27.7 Å². The summed E-state index contributed by atoms with van der Waals surface area (Å²) in [5.74, 6) is -0.121. The van der Waals surface area contributed by atoms with Crippen molar-refractivity contribution in [2.45, 2.75) is 0 Å². The molecule has 0 radical (unpaired) electrons. The summed E-state index contributed by atoms with van der Waals surface area (Å²) in [4.78, 5) is 24.5. The highest BCUT2D eigenvalue weighted by molar-refractivity contribution is 9.10. The van der Waals surface area contributed by atoms with Crippen LogP contribution in [0.15, 0.2) is 46.9 Å². The van der Waals surface area contributed by atoms with E-state index in [4.69, 9.17) is 5.73 Å². The van der Waals surface area contributed by atoms with Crippen molar-refractivity contribution < 1.29 is 9.59 Å². The summed E-state index contributed by atoms with van der Waals surface area (Å²) < 4.78 is 0.700. The number of hydrogen-bond donors (Lipinski definition) is 1. The molecule has 4 nitrogen and oxygen atoms in total. The Bertz CT molecular complexity index is 653. The number of hydrogen-bond acceptors (Lipinski definition) is 3. The molecule has 102 valence electrons. The summed E-state index contributed by atoms with van der Waals surface area (Å²) in [5, 5.41) is 0. The zero-order chi connectivity index (χ0) is 14.7. The molecule has 0 aliphatic heterocycles. The quantitative estimate of drug-likeness (QED) is 0.532. The lowest BCUT2D eigenvalue weighted by Crippen LogP contribution is -2.13. The van der Waals surface area contributed by atoms with Crippen molar-refractivity contribution in [1.82, 2.24) is 0 Å². The van der Waals surface area contributed by atoms with Gasteiger partial charge in [-0.25, -0.2) is 0 Å². The smallest absolute Gasteiger partial charge is 0.213 e. The molecule has 0 spiro atoms. The van der Waals surface area contributed by atoms with E-state index in [2.05, 4.69) is 15.9 Å². The largest absolute Gasteiger partial charge is 0.399 e. The fraction of sp³-hybridized carbons (Fsp3) is 0.0667. The van der Waals surface area contributed by atoms with Crippen molar-refractivity contribution >= 4 is 39.5 Å². The molecule has 0 bridgehead atoms. The number of nitrogen functional groups attached to an aromatic ring is 1. The van der Waals surface area contributed by atoms with Gasteiger partial charge in [-0.15, -0.1) is 0 Å². The van der Waals surface area contributed by atoms with E-state index in [-0.39, 0.29) is 5.78 Å². The van der Waals surface area contributed by atoms with Gasteiger partial charge in [0.05, 0.1) is 0 Å². The summed E-state index contributed by atoms with van der Waals surface area (Å²) >= 11 is 3.35. The summed E-state index contributed by atoms with van der Waals surface area (Å²) in [5.41, 5.74) is 8.02. The molecule has 0 unspecified atom stereocenters. The molecular formula is C15H13BrN2O2. The van der Waals surface area contributed by atoms with Gasteiger partial charge >= 0.3 is 0 Å². The Morgan fingerprint density at radius 2 is 1.85 bits per heavy atom. The normalized spacial score (nSPS) is 10.1. The van der Waals surface area contributed by atoms with Crippen molar-refractivity contribution in [3.05, 3.63) is 58.1 Å². The van der Waals surface area contributed by atoms with Gasteiger partial charge in [-0.2, -0.15) is 0 Å². The van der Waals surface area contributed by atoms with Crippen LogP contribution >= 0.6 is 15.9 Å². The van der Waals surface area contributed by atoms with E-state index in [1.807, 2.05) is 0 Å². The number of carbonyl (C=O) groups is 2. The second-order valence-electron chi connectivity index (χ2n) is 4.33. The molecule has 2 aromatic rings. The fourth-order valence-corrected chi connectivity index (χ4v) is 2.21. The molecule has 2 rings (SSSR count). The van der Waals surface area contributed by atoms with Crippen LogP contribution in [-0.2, 0) is 4.79 Å². The van der Waals surface area contributed by atoms with Crippen molar-refractivity contribution in [1.29, 1.82) is 0 Å². The third-order valence-electron chi connectivity index (χ3n) is 2.93. The zero-order valence-electron chi connectivity index (χ0n) is 10.8. The van der Waals surface area contributed by atoms with Crippen LogP contribution in [0.1, 0.15) is 15.9 Å². The van der Waals surface area contributed by atoms with Gasteiger partial charge in [0.1, 0.15) is 0 Å². The monoisotopic (exact) mass is 332 g/mol. The molecule has 0 aromatic heterocycles. The minimum atomic E-state index is -0.121. The molecule has 20 heavy (non-hydrogen) atoms. The van der Waals surface area contributed by atoms with E-state index in [9.17, 15) is 9.59 Å². The van der Waals surface area contributed by atoms with Crippen LogP contribution in [0.4, 0.5) is 11.4 Å². The molecule has 0 atom stereocenters. The molecule has 5 heteroatoms. The topological polar surface area (TPSA) is 63.4 Å². The number of benzene rings is 2. The van der Waals surface area contributed by atoms with Gasteiger partial charge in [0, 0.05) is 34.0 Å². The first-order valence-corrected chi connectivity index (χ1v) is 6.70. The van der Waals surface area contributed by atoms with Gasteiger partial charge in [-0.05, 0) is 42.5 Å². The average Bonchev–Trinajstić information content (AvgIpc) is 2.48. The van der Waals surface area contributed by atoms with Gasteiger partial charge in [-0.1, -0.05) is 15.9 Å². The van der Waals surface area contributed by atoms with E-state index in [1.165, 1.54) is 4.90 Å². The Morgan fingerprint density at radius 3 is 2.45 bits per heavy atom. The fourth-order valence-electron chi connectivity index (χ4n) is 1.78. The van der Waals surface area contributed by atoms with Gasteiger partial charge in [-0.3, -0.25) is 9.59 Å². The Balaban J connectivity index is 2.34. The maximum absolute atomic E-state index is 12.4. The molecule has 2 N–H and O–H groups in total. The Hall–Kier alpha value is -2.14. The average molecular weight is 333 g/mol. The van der Waals surface area contributed by atoms with Crippen molar-refractivity contribution in [2.24, 2.45) is 0 Å². The number of nitrogens with two attached hydrogens (primary N) is 1. The summed E-state index contributed by atoms with van der Waals surface area (Å²) in [6, 6.07) is 11.9. The lowest BCUT2D eigenvalue weighted by molar-refractivity contribution is -0.107. The molecular weight excluding hydrogens is 320 g/mol. The van der Waals surface area contributed by atoms with E-state index >= 15 is 0 Å². The number of anilines is 2. The minimum Gasteiger partial charge on any atom is -0.399 e. The molecule has 0 fully saturated rings. The van der Waals surface area contributed by atoms with Crippen molar-refractivity contribution in [3.8, 4) is 0 Å². The maximum Gasteiger partial charge on any atom is 0.213 e. The summed E-state index contributed by atoms with van der Waals surface area (Å²) in [6.45, 7) is 0. The first-order chi connectivity index (χ1) is 9.52. The van der Waals surface area contributed by atoms with Gasteiger partial charge in [0.2, 0.25) is 6.41 Å². The van der Waals surface area contributed by atoms with E-state index < -0.39 is 0 Å². The van der Waals surface area contributed by atoms with E-state index in [0.717, 1.165) is 5.69 Å². The molecule has 0 aliphatic rings. The number of carbonyl (C=O) groups excluding carboxylic acids is 2. The first-order valence-electron chi connectivity index (χ1n) is 5.91. The third-order valence-corrected chi connectivity index (χ3v) is 3.62. The Labute approximate surface area is 125 Å². The van der Waals surface area contributed by atoms with Crippen LogP contribution in [0.3, 0.4) is 0 Å². The Kier molecular flexibility index (Phi) is 4.20. The number of amides is 1. The molecule has 1 amide bonds. The van der Waals surface area contributed by atoms with Crippen LogP contribution in [0, 0.1) is 0 Å². The second kappa shape index (κ2) is 5.88. The van der Waals surface area contributed by atoms with Crippen LogP contribution in [0.25, 0.3) is 0 Å². The SMILES string of the molecule is CN(C=O)c1ccc(C(=O)c2cc(N)ccc2Br)cc1. The summed E-state index contributed by atoms with van der Waals surface area (Å²) in [6.07, 6.45) is 0.714. The van der Waals surface area contributed by atoms with Gasteiger partial charge < -0.3 is 10.6 Å².